The van der Waals surface area contributed by atoms with Crippen LogP contribution in [0.3, 0.4) is 0 Å². The topological polar surface area (TPSA) is 78.5 Å². The van der Waals surface area contributed by atoms with Gasteiger partial charge in [-0.25, -0.2) is 14.1 Å². The van der Waals surface area contributed by atoms with Gasteiger partial charge in [0.15, 0.2) is 0 Å². The summed E-state index contributed by atoms with van der Waals surface area (Å²) >= 11 is 0. The molecule has 1 aliphatic rings. The normalized spacial score (nSPS) is 17.3. The lowest BCUT2D eigenvalue weighted by Crippen LogP contribution is -2.58. The number of para-hydroxylation sites is 1. The third-order valence-corrected chi connectivity index (χ3v) is 4.07. The highest BCUT2D eigenvalue weighted by Gasteiger charge is 2.40. The number of benzene rings is 2. The van der Waals surface area contributed by atoms with E-state index in [9.17, 15) is 31.9 Å². The Bertz CT molecular complexity index is 928. The molecule has 10 heteroatoms. The lowest BCUT2D eigenvalue weighted by molar-refractivity contribution is -0.137. The number of halogens is 4. The number of anilines is 2. The molecule has 1 aliphatic heterocycles. The van der Waals surface area contributed by atoms with Crippen molar-refractivity contribution in [3.63, 3.8) is 0 Å². The Kier molecular flexibility index (Phi) is 5.04. The van der Waals surface area contributed by atoms with Gasteiger partial charge in [-0.15, -0.1) is 0 Å². The summed E-state index contributed by atoms with van der Waals surface area (Å²) in [5.74, 6) is -3.98. The second-order valence-electron chi connectivity index (χ2n) is 5.92. The molecule has 0 bridgehead atoms. The maximum atomic E-state index is 13.1. The second kappa shape index (κ2) is 7.29. The van der Waals surface area contributed by atoms with Crippen LogP contribution < -0.4 is 15.5 Å². The molecule has 1 unspecified atom stereocenters. The number of alkyl halides is 3. The molecular weight excluding hydrogens is 382 g/mol. The molecule has 3 rings (SSSR count). The quantitative estimate of drug-likeness (QED) is 0.619. The highest BCUT2D eigenvalue weighted by molar-refractivity contribution is 6.23. The Morgan fingerprint density at radius 3 is 2.36 bits per heavy atom. The van der Waals surface area contributed by atoms with Gasteiger partial charge in [0.2, 0.25) is 11.8 Å². The van der Waals surface area contributed by atoms with Crippen molar-refractivity contribution in [3.05, 3.63) is 59.9 Å². The van der Waals surface area contributed by atoms with Crippen LogP contribution in [0.15, 0.2) is 48.5 Å². The second-order valence-corrected chi connectivity index (χ2v) is 5.92. The maximum Gasteiger partial charge on any atom is 0.418 e. The first-order valence-electron chi connectivity index (χ1n) is 8.03. The third-order valence-electron chi connectivity index (χ3n) is 4.07. The molecule has 0 radical (unpaired) electrons. The Labute approximate surface area is 156 Å². The molecule has 0 aliphatic carbocycles. The number of imide groups is 1. The van der Waals surface area contributed by atoms with Crippen LogP contribution in [0.4, 0.5) is 33.7 Å². The Morgan fingerprint density at radius 2 is 1.71 bits per heavy atom. The fourth-order valence-corrected chi connectivity index (χ4v) is 2.71. The van der Waals surface area contributed by atoms with E-state index in [4.69, 9.17) is 0 Å². The number of hydrogen-bond acceptors (Lipinski definition) is 3. The van der Waals surface area contributed by atoms with E-state index in [1.54, 1.807) is 0 Å². The van der Waals surface area contributed by atoms with E-state index in [0.29, 0.717) is 4.90 Å². The first-order chi connectivity index (χ1) is 13.2. The Hall–Kier alpha value is -3.43. The molecule has 28 heavy (non-hydrogen) atoms. The van der Waals surface area contributed by atoms with Crippen molar-refractivity contribution in [2.24, 2.45) is 5.92 Å². The lowest BCUT2D eigenvalue weighted by Gasteiger charge is -2.30. The highest BCUT2D eigenvalue weighted by Crippen LogP contribution is 2.34. The molecule has 6 nitrogen and oxygen atoms in total. The monoisotopic (exact) mass is 395 g/mol. The van der Waals surface area contributed by atoms with Crippen LogP contribution in [0.2, 0.25) is 0 Å². The molecule has 1 atom stereocenters. The van der Waals surface area contributed by atoms with E-state index in [-0.39, 0.29) is 12.2 Å². The summed E-state index contributed by atoms with van der Waals surface area (Å²) in [6, 6.07) is 7.91. The number of carbonyl (C=O) groups is 3. The largest absolute Gasteiger partial charge is 0.418 e. The van der Waals surface area contributed by atoms with Crippen molar-refractivity contribution in [1.29, 1.82) is 0 Å². The highest BCUT2D eigenvalue weighted by atomic mass is 19.4. The van der Waals surface area contributed by atoms with Crippen LogP contribution in [-0.2, 0) is 15.8 Å². The van der Waals surface area contributed by atoms with Gasteiger partial charge < -0.3 is 10.6 Å². The summed E-state index contributed by atoms with van der Waals surface area (Å²) in [5.41, 5.74) is -1.54. The van der Waals surface area contributed by atoms with Crippen molar-refractivity contribution in [2.45, 2.75) is 6.18 Å². The van der Waals surface area contributed by atoms with Crippen molar-refractivity contribution in [1.82, 2.24) is 5.32 Å². The zero-order valence-corrected chi connectivity index (χ0v) is 14.1. The third kappa shape index (κ3) is 3.80. The minimum atomic E-state index is -4.70. The van der Waals surface area contributed by atoms with Crippen LogP contribution in [0.25, 0.3) is 0 Å². The van der Waals surface area contributed by atoms with Gasteiger partial charge in [-0.05, 0) is 36.4 Å². The van der Waals surface area contributed by atoms with E-state index in [2.05, 4.69) is 10.6 Å². The summed E-state index contributed by atoms with van der Waals surface area (Å²) in [6.45, 7) is -0.380. The molecule has 0 spiro atoms. The van der Waals surface area contributed by atoms with Crippen LogP contribution in [0, 0.1) is 11.7 Å². The number of urea groups is 1. The predicted octanol–water partition coefficient (Wildman–Crippen LogP) is 3.16. The van der Waals surface area contributed by atoms with Gasteiger partial charge in [0.05, 0.1) is 16.9 Å². The summed E-state index contributed by atoms with van der Waals surface area (Å²) < 4.78 is 52.3. The van der Waals surface area contributed by atoms with Gasteiger partial charge in [0.25, 0.3) is 0 Å². The maximum absolute atomic E-state index is 13.1. The molecule has 1 fully saturated rings. The molecule has 2 N–H and O–H groups in total. The number of nitrogens with one attached hydrogen (secondary N) is 2. The first kappa shape index (κ1) is 19.3. The van der Waals surface area contributed by atoms with Crippen molar-refractivity contribution < 1.29 is 31.9 Å². The number of nitrogens with zero attached hydrogens (tertiary/aromatic N) is 1. The fraction of sp³-hybridized carbons (Fsp3) is 0.167. The summed E-state index contributed by atoms with van der Waals surface area (Å²) in [6.07, 6.45) is -4.70. The fourth-order valence-electron chi connectivity index (χ4n) is 2.71. The summed E-state index contributed by atoms with van der Waals surface area (Å²) in [4.78, 5) is 37.7. The molecule has 1 heterocycles. The van der Waals surface area contributed by atoms with Gasteiger partial charge in [-0.2, -0.15) is 13.2 Å². The zero-order chi connectivity index (χ0) is 20.5. The zero-order valence-electron chi connectivity index (χ0n) is 14.1. The molecule has 1 saturated heterocycles. The SMILES string of the molecule is O=C(Nc1ccccc1C(F)(F)F)C1CNC(=O)N(c2ccc(F)cc2)C1=O. The Balaban J connectivity index is 1.84. The number of amides is 4. The minimum Gasteiger partial charge on any atom is -0.336 e. The minimum absolute atomic E-state index is 0.0251. The van der Waals surface area contributed by atoms with Crippen molar-refractivity contribution in [2.75, 3.05) is 16.8 Å². The molecule has 0 aromatic heterocycles. The van der Waals surface area contributed by atoms with E-state index in [0.717, 1.165) is 24.3 Å². The van der Waals surface area contributed by atoms with Crippen LogP contribution >= 0.6 is 0 Å². The molecular formula is C18H13F4N3O3. The molecule has 146 valence electrons. The van der Waals surface area contributed by atoms with Crippen molar-refractivity contribution in [3.8, 4) is 0 Å². The molecule has 4 amide bonds. The predicted molar refractivity (Wildman–Crippen MR) is 90.8 cm³/mol. The van der Waals surface area contributed by atoms with Crippen LogP contribution in [0.5, 0.6) is 0 Å². The number of hydrogen-bond donors (Lipinski definition) is 2. The lowest BCUT2D eigenvalue weighted by atomic mass is 10.0. The average molecular weight is 395 g/mol. The standard InChI is InChI=1S/C18H13F4N3O3/c19-10-5-7-11(8-6-10)25-16(27)12(9-23-17(25)28)15(26)24-14-4-2-1-3-13(14)18(20,21)22/h1-8,12H,9H2,(H,23,28)(H,24,26). The molecule has 2 aromatic carbocycles. The first-order valence-corrected chi connectivity index (χ1v) is 8.03. The van der Waals surface area contributed by atoms with Gasteiger partial charge >= 0.3 is 12.2 Å². The molecule has 0 saturated carbocycles. The van der Waals surface area contributed by atoms with Gasteiger partial charge in [0, 0.05) is 6.54 Å². The van der Waals surface area contributed by atoms with E-state index in [1.165, 1.54) is 24.3 Å². The van der Waals surface area contributed by atoms with Gasteiger partial charge in [-0.1, -0.05) is 12.1 Å². The van der Waals surface area contributed by atoms with Crippen LogP contribution in [0.1, 0.15) is 5.56 Å². The van der Waals surface area contributed by atoms with E-state index < -0.39 is 47.0 Å². The smallest absolute Gasteiger partial charge is 0.336 e. The van der Waals surface area contributed by atoms with E-state index in [1.807, 2.05) is 0 Å². The van der Waals surface area contributed by atoms with Gasteiger partial charge in [-0.3, -0.25) is 9.59 Å². The molecule has 2 aromatic rings. The van der Waals surface area contributed by atoms with E-state index >= 15 is 0 Å². The average Bonchev–Trinajstić information content (AvgIpc) is 2.63. The summed E-state index contributed by atoms with van der Waals surface area (Å²) in [5, 5.41) is 4.42. The summed E-state index contributed by atoms with van der Waals surface area (Å²) in [7, 11) is 0. The number of rotatable bonds is 3. The van der Waals surface area contributed by atoms with Crippen LogP contribution in [-0.4, -0.2) is 24.4 Å². The van der Waals surface area contributed by atoms with Gasteiger partial charge in [0.1, 0.15) is 11.7 Å². The Morgan fingerprint density at radius 1 is 1.07 bits per heavy atom. The number of carbonyl (C=O) groups excluding carboxylic acids is 3. The van der Waals surface area contributed by atoms with Crippen molar-refractivity contribution >= 4 is 29.2 Å².